The van der Waals surface area contributed by atoms with Crippen LogP contribution in [0.4, 0.5) is 0 Å². The fourth-order valence-electron chi connectivity index (χ4n) is 2.55. The molecule has 0 aromatic heterocycles. The molecular formula is C10H19N2. The van der Waals surface area contributed by atoms with E-state index in [-0.39, 0.29) is 0 Å². The van der Waals surface area contributed by atoms with E-state index in [9.17, 15) is 0 Å². The first-order valence-electron chi connectivity index (χ1n) is 5.06. The van der Waals surface area contributed by atoms with Gasteiger partial charge in [0.05, 0.1) is 0 Å². The lowest BCUT2D eigenvalue weighted by Gasteiger charge is -2.35. The molecule has 0 amide bonds. The maximum absolute atomic E-state index is 3.56. The first kappa shape index (κ1) is 8.52. The van der Waals surface area contributed by atoms with Crippen LogP contribution >= 0.6 is 0 Å². The Labute approximate surface area is 75.3 Å². The normalized spacial score (nSPS) is 41.0. The Bertz CT molecular complexity index is 169. The van der Waals surface area contributed by atoms with Gasteiger partial charge in [0, 0.05) is 24.7 Å². The zero-order valence-corrected chi connectivity index (χ0v) is 8.14. The monoisotopic (exact) mass is 167 g/mol. The first-order chi connectivity index (χ1) is 5.77. The van der Waals surface area contributed by atoms with E-state index in [2.05, 4.69) is 30.6 Å². The fourth-order valence-corrected chi connectivity index (χ4v) is 2.55. The lowest BCUT2D eigenvalue weighted by atomic mass is 9.92. The summed E-state index contributed by atoms with van der Waals surface area (Å²) in [5.74, 6) is 0. The van der Waals surface area contributed by atoms with Gasteiger partial charge < -0.3 is 5.32 Å². The van der Waals surface area contributed by atoms with E-state index in [0.29, 0.717) is 5.54 Å². The number of unbranched alkanes of at least 4 members (excludes halogenated alkanes) is 1. The van der Waals surface area contributed by atoms with Crippen LogP contribution in [0.25, 0.3) is 0 Å². The molecule has 2 nitrogen and oxygen atoms in total. The summed E-state index contributed by atoms with van der Waals surface area (Å²) in [6.45, 7) is 4.66. The van der Waals surface area contributed by atoms with Gasteiger partial charge in [0.2, 0.25) is 0 Å². The van der Waals surface area contributed by atoms with Gasteiger partial charge >= 0.3 is 0 Å². The summed E-state index contributed by atoms with van der Waals surface area (Å²) in [7, 11) is 2.26. The van der Waals surface area contributed by atoms with E-state index in [1.165, 1.54) is 32.4 Å². The van der Waals surface area contributed by atoms with Gasteiger partial charge in [0.15, 0.2) is 0 Å². The number of rotatable bonds is 3. The summed E-state index contributed by atoms with van der Waals surface area (Å²) in [5.41, 5.74) is 0.417. The number of piperazine rings is 1. The minimum absolute atomic E-state index is 0.417. The van der Waals surface area contributed by atoms with Crippen LogP contribution in [-0.4, -0.2) is 36.6 Å². The highest BCUT2D eigenvalue weighted by Gasteiger charge is 2.48. The van der Waals surface area contributed by atoms with Crippen molar-refractivity contribution < 1.29 is 0 Å². The molecule has 2 saturated heterocycles. The second-order valence-corrected chi connectivity index (χ2v) is 4.26. The van der Waals surface area contributed by atoms with Gasteiger partial charge in [-0.25, -0.2) is 0 Å². The summed E-state index contributed by atoms with van der Waals surface area (Å²) < 4.78 is 0. The number of hydrogen-bond donors (Lipinski definition) is 1. The first-order valence-corrected chi connectivity index (χ1v) is 5.06. The Morgan fingerprint density at radius 2 is 2.50 bits per heavy atom. The SMILES string of the molecule is CCC[CH]C12CNC(CN1C)C2. The lowest BCUT2D eigenvalue weighted by Crippen LogP contribution is -2.50. The van der Waals surface area contributed by atoms with Crippen LogP contribution in [0.1, 0.15) is 26.2 Å². The molecule has 2 bridgehead atoms. The average Bonchev–Trinajstić information content (AvgIpc) is 2.58. The third kappa shape index (κ3) is 1.17. The summed E-state index contributed by atoms with van der Waals surface area (Å²) in [6.07, 6.45) is 6.40. The number of nitrogens with zero attached hydrogens (tertiary/aromatic N) is 1. The van der Waals surface area contributed by atoms with Crippen molar-refractivity contribution >= 4 is 0 Å². The van der Waals surface area contributed by atoms with Gasteiger partial charge in [-0.1, -0.05) is 13.3 Å². The van der Waals surface area contributed by atoms with Crippen LogP contribution in [-0.2, 0) is 0 Å². The maximum Gasteiger partial charge on any atom is 0.0378 e. The molecule has 2 fully saturated rings. The Morgan fingerprint density at radius 1 is 1.67 bits per heavy atom. The van der Waals surface area contributed by atoms with Crippen LogP contribution in [0.2, 0.25) is 0 Å². The zero-order valence-electron chi connectivity index (χ0n) is 8.14. The number of likely N-dealkylation sites (N-methyl/N-ethyl adjacent to an activating group) is 1. The third-order valence-corrected chi connectivity index (χ3v) is 3.36. The molecule has 2 aliphatic heterocycles. The molecule has 12 heavy (non-hydrogen) atoms. The van der Waals surface area contributed by atoms with Gasteiger partial charge in [-0.15, -0.1) is 0 Å². The van der Waals surface area contributed by atoms with Crippen LogP contribution in [0.5, 0.6) is 0 Å². The number of nitrogens with one attached hydrogen (secondary N) is 1. The Kier molecular flexibility index (Phi) is 2.13. The van der Waals surface area contributed by atoms with Crippen molar-refractivity contribution in [2.75, 3.05) is 20.1 Å². The molecule has 0 spiro atoms. The van der Waals surface area contributed by atoms with Crippen LogP contribution in [0.3, 0.4) is 0 Å². The van der Waals surface area contributed by atoms with Crippen molar-refractivity contribution in [1.29, 1.82) is 0 Å². The molecule has 0 aliphatic carbocycles. The highest BCUT2D eigenvalue weighted by atomic mass is 15.3. The molecule has 0 aromatic carbocycles. The second kappa shape index (κ2) is 3.00. The molecule has 2 rings (SSSR count). The predicted molar refractivity (Wildman–Crippen MR) is 51.0 cm³/mol. The minimum Gasteiger partial charge on any atom is -0.311 e. The smallest absolute Gasteiger partial charge is 0.0378 e. The lowest BCUT2D eigenvalue weighted by molar-refractivity contribution is 0.190. The van der Waals surface area contributed by atoms with Crippen molar-refractivity contribution in [1.82, 2.24) is 10.2 Å². The van der Waals surface area contributed by atoms with Gasteiger partial charge in [0.1, 0.15) is 0 Å². The summed E-state index contributed by atoms with van der Waals surface area (Å²) in [6, 6.07) is 0.767. The van der Waals surface area contributed by atoms with Crippen molar-refractivity contribution in [3.63, 3.8) is 0 Å². The molecule has 2 aliphatic rings. The number of hydrogen-bond acceptors (Lipinski definition) is 2. The van der Waals surface area contributed by atoms with Gasteiger partial charge in [-0.2, -0.15) is 0 Å². The molecule has 1 N–H and O–H groups in total. The van der Waals surface area contributed by atoms with E-state index in [0.717, 1.165) is 6.04 Å². The van der Waals surface area contributed by atoms with Gasteiger partial charge in [-0.3, -0.25) is 4.90 Å². The largest absolute Gasteiger partial charge is 0.311 e. The van der Waals surface area contributed by atoms with E-state index < -0.39 is 0 Å². The van der Waals surface area contributed by atoms with Crippen molar-refractivity contribution in [2.45, 2.75) is 37.8 Å². The molecule has 1 radical (unpaired) electrons. The minimum atomic E-state index is 0.417. The zero-order chi connectivity index (χ0) is 8.60. The molecule has 2 heteroatoms. The Hall–Kier alpha value is -0.0800. The van der Waals surface area contributed by atoms with E-state index in [1.54, 1.807) is 0 Å². The van der Waals surface area contributed by atoms with Crippen molar-refractivity contribution in [3.8, 4) is 0 Å². The average molecular weight is 167 g/mol. The topological polar surface area (TPSA) is 15.3 Å². The maximum atomic E-state index is 3.56. The van der Waals surface area contributed by atoms with Crippen LogP contribution < -0.4 is 5.32 Å². The Balaban J connectivity index is 1.98. The molecule has 2 unspecified atom stereocenters. The molecule has 0 aromatic rings. The standard InChI is InChI=1S/C10H19N2/c1-3-4-5-10-6-9(11-8-10)7-12(10)2/h5,9,11H,3-4,6-8H2,1-2H3. The second-order valence-electron chi connectivity index (χ2n) is 4.26. The molecule has 2 heterocycles. The molecular weight excluding hydrogens is 148 g/mol. The van der Waals surface area contributed by atoms with Crippen LogP contribution in [0.15, 0.2) is 0 Å². The van der Waals surface area contributed by atoms with Crippen LogP contribution in [0, 0.1) is 6.42 Å². The van der Waals surface area contributed by atoms with Gasteiger partial charge in [0.25, 0.3) is 0 Å². The quantitative estimate of drug-likeness (QED) is 0.675. The molecule has 0 saturated carbocycles. The van der Waals surface area contributed by atoms with Gasteiger partial charge in [-0.05, 0) is 26.3 Å². The molecule has 2 atom stereocenters. The highest BCUT2D eigenvalue weighted by molar-refractivity contribution is 5.15. The summed E-state index contributed by atoms with van der Waals surface area (Å²) in [4.78, 5) is 2.52. The molecule has 69 valence electrons. The predicted octanol–water partition coefficient (Wildman–Crippen LogP) is 1.04. The van der Waals surface area contributed by atoms with E-state index >= 15 is 0 Å². The summed E-state index contributed by atoms with van der Waals surface area (Å²) in [5, 5.41) is 3.56. The third-order valence-electron chi connectivity index (χ3n) is 3.36. The number of fused-ring (bicyclic) bond motifs is 2. The summed E-state index contributed by atoms with van der Waals surface area (Å²) >= 11 is 0. The Morgan fingerprint density at radius 3 is 3.00 bits per heavy atom. The fraction of sp³-hybridized carbons (Fsp3) is 0.900. The highest BCUT2D eigenvalue weighted by Crippen LogP contribution is 2.36. The number of likely N-dealkylation sites (tertiary alicyclic amines) is 1. The van der Waals surface area contributed by atoms with E-state index in [4.69, 9.17) is 0 Å². The van der Waals surface area contributed by atoms with Crippen molar-refractivity contribution in [2.24, 2.45) is 0 Å². The van der Waals surface area contributed by atoms with Crippen molar-refractivity contribution in [3.05, 3.63) is 6.42 Å². The van der Waals surface area contributed by atoms with E-state index in [1.807, 2.05) is 0 Å².